The standard InChI is InChI=1S/C33H29N3O/c1-33(2,3)26-16-18-35-29(21-26)23-10-8-11-27(19-23)36-30-13-5-4-9-25(30)22-37-32-15-14-24(20-31(32)36)28-12-6-7-17-34-28/h4-21H,22H2,1-3H3. The lowest BCUT2D eigenvalue weighted by molar-refractivity contribution is 0.310. The van der Waals surface area contributed by atoms with Gasteiger partial charge in [-0.05, 0) is 71.6 Å². The molecule has 0 spiro atoms. The molecule has 5 aromatic rings. The predicted octanol–water partition coefficient (Wildman–Crippen LogP) is 8.47. The SMILES string of the molecule is CC(C)(C)c1ccnc(-c2cccc(N3c4ccccc4COc4ccc(-c5ccccn5)cc43)c2)c1. The predicted molar refractivity (Wildman–Crippen MR) is 151 cm³/mol. The van der Waals surface area contributed by atoms with E-state index in [4.69, 9.17) is 9.72 Å². The van der Waals surface area contributed by atoms with Gasteiger partial charge in [-0.2, -0.15) is 0 Å². The van der Waals surface area contributed by atoms with Crippen LogP contribution in [0.5, 0.6) is 5.75 Å². The van der Waals surface area contributed by atoms with Crippen molar-refractivity contribution in [1.29, 1.82) is 0 Å². The number of benzene rings is 3. The molecule has 3 heterocycles. The summed E-state index contributed by atoms with van der Waals surface area (Å²) in [7, 11) is 0. The van der Waals surface area contributed by atoms with Crippen molar-refractivity contribution in [3.05, 3.63) is 121 Å². The fourth-order valence-electron chi connectivity index (χ4n) is 4.78. The highest BCUT2D eigenvalue weighted by Gasteiger charge is 2.24. The van der Waals surface area contributed by atoms with E-state index in [1.807, 2.05) is 30.6 Å². The molecule has 0 aliphatic carbocycles. The number of para-hydroxylation sites is 1. The molecule has 0 N–H and O–H groups in total. The minimum absolute atomic E-state index is 0.0528. The molecule has 37 heavy (non-hydrogen) atoms. The Bertz CT molecular complexity index is 1570. The van der Waals surface area contributed by atoms with Crippen LogP contribution < -0.4 is 9.64 Å². The van der Waals surface area contributed by atoms with Gasteiger partial charge in [0.15, 0.2) is 0 Å². The van der Waals surface area contributed by atoms with Crippen LogP contribution in [0.2, 0.25) is 0 Å². The number of rotatable bonds is 3. The van der Waals surface area contributed by atoms with Crippen molar-refractivity contribution >= 4 is 17.1 Å². The van der Waals surface area contributed by atoms with Crippen LogP contribution >= 0.6 is 0 Å². The van der Waals surface area contributed by atoms with Gasteiger partial charge < -0.3 is 9.64 Å². The zero-order valence-corrected chi connectivity index (χ0v) is 21.3. The van der Waals surface area contributed by atoms with Crippen LogP contribution in [0.25, 0.3) is 22.5 Å². The lowest BCUT2D eigenvalue weighted by Crippen LogP contribution is -2.12. The molecule has 3 aromatic carbocycles. The number of ether oxygens (including phenoxy) is 1. The van der Waals surface area contributed by atoms with E-state index >= 15 is 0 Å². The molecule has 1 aliphatic heterocycles. The van der Waals surface area contributed by atoms with Crippen molar-refractivity contribution in [3.8, 4) is 28.3 Å². The third kappa shape index (κ3) is 4.47. The molecule has 6 rings (SSSR count). The van der Waals surface area contributed by atoms with E-state index < -0.39 is 0 Å². The maximum atomic E-state index is 6.31. The summed E-state index contributed by atoms with van der Waals surface area (Å²) in [6.07, 6.45) is 3.73. The van der Waals surface area contributed by atoms with Gasteiger partial charge in [-0.1, -0.05) is 57.2 Å². The van der Waals surface area contributed by atoms with Crippen molar-refractivity contribution in [3.63, 3.8) is 0 Å². The minimum atomic E-state index is 0.0528. The largest absolute Gasteiger partial charge is 0.487 e. The van der Waals surface area contributed by atoms with Gasteiger partial charge >= 0.3 is 0 Å². The minimum Gasteiger partial charge on any atom is -0.487 e. The van der Waals surface area contributed by atoms with E-state index in [0.29, 0.717) is 6.61 Å². The summed E-state index contributed by atoms with van der Waals surface area (Å²) < 4.78 is 6.31. The molecule has 182 valence electrons. The molecule has 0 radical (unpaired) electrons. The first kappa shape index (κ1) is 23.0. The van der Waals surface area contributed by atoms with E-state index in [1.165, 1.54) is 5.56 Å². The summed E-state index contributed by atoms with van der Waals surface area (Å²) in [5.74, 6) is 0.842. The number of fused-ring (bicyclic) bond motifs is 2. The van der Waals surface area contributed by atoms with Crippen LogP contribution in [0.15, 0.2) is 109 Å². The number of aromatic nitrogens is 2. The Morgan fingerprint density at radius 2 is 1.49 bits per heavy atom. The third-order valence-electron chi connectivity index (χ3n) is 6.80. The highest BCUT2D eigenvalue weighted by molar-refractivity contribution is 5.86. The maximum Gasteiger partial charge on any atom is 0.143 e. The highest BCUT2D eigenvalue weighted by Crippen LogP contribution is 2.46. The zero-order chi connectivity index (χ0) is 25.4. The Balaban J connectivity index is 1.52. The number of pyridine rings is 2. The molecule has 1 aliphatic rings. The Morgan fingerprint density at radius 1 is 0.676 bits per heavy atom. The van der Waals surface area contributed by atoms with Gasteiger partial charge in [0.2, 0.25) is 0 Å². The summed E-state index contributed by atoms with van der Waals surface area (Å²) in [6, 6.07) is 33.6. The molecular formula is C33H29N3O. The molecule has 0 bridgehead atoms. The molecule has 0 amide bonds. The molecule has 4 heteroatoms. The zero-order valence-electron chi connectivity index (χ0n) is 21.3. The van der Waals surface area contributed by atoms with Crippen molar-refractivity contribution in [2.24, 2.45) is 0 Å². The van der Waals surface area contributed by atoms with E-state index in [-0.39, 0.29) is 5.41 Å². The normalized spacial score (nSPS) is 12.8. The maximum absolute atomic E-state index is 6.31. The second kappa shape index (κ2) is 9.21. The summed E-state index contributed by atoms with van der Waals surface area (Å²) >= 11 is 0. The first-order valence-corrected chi connectivity index (χ1v) is 12.6. The molecule has 4 nitrogen and oxygen atoms in total. The highest BCUT2D eigenvalue weighted by atomic mass is 16.5. The van der Waals surface area contributed by atoms with E-state index in [9.17, 15) is 0 Å². The second-order valence-corrected chi connectivity index (χ2v) is 10.4. The van der Waals surface area contributed by atoms with Crippen LogP contribution in [0.1, 0.15) is 31.9 Å². The Kier molecular flexibility index (Phi) is 5.72. The molecule has 0 unspecified atom stereocenters. The van der Waals surface area contributed by atoms with E-state index in [0.717, 1.165) is 50.9 Å². The number of hydrogen-bond acceptors (Lipinski definition) is 4. The van der Waals surface area contributed by atoms with Crippen LogP contribution in [0.4, 0.5) is 17.1 Å². The van der Waals surface area contributed by atoms with Gasteiger partial charge in [-0.15, -0.1) is 0 Å². The molecule has 0 atom stereocenters. The number of anilines is 3. The third-order valence-corrected chi connectivity index (χ3v) is 6.80. The molecule has 2 aromatic heterocycles. The number of nitrogens with zero attached hydrogens (tertiary/aromatic N) is 3. The molecule has 0 fully saturated rings. The molecule has 0 saturated heterocycles. The van der Waals surface area contributed by atoms with Crippen molar-refractivity contribution in [2.75, 3.05) is 4.90 Å². The van der Waals surface area contributed by atoms with Gasteiger partial charge in [-0.25, -0.2) is 0 Å². The Labute approximate surface area is 218 Å². The summed E-state index contributed by atoms with van der Waals surface area (Å²) in [5.41, 5.74) is 9.62. The van der Waals surface area contributed by atoms with Gasteiger partial charge in [0.1, 0.15) is 12.4 Å². The summed E-state index contributed by atoms with van der Waals surface area (Å²) in [6.45, 7) is 7.20. The summed E-state index contributed by atoms with van der Waals surface area (Å²) in [5, 5.41) is 0. The molecular weight excluding hydrogens is 454 g/mol. The lowest BCUT2D eigenvalue weighted by Gasteiger charge is -2.27. The van der Waals surface area contributed by atoms with Gasteiger partial charge in [0, 0.05) is 34.8 Å². The topological polar surface area (TPSA) is 38.2 Å². The van der Waals surface area contributed by atoms with Crippen LogP contribution in [0.3, 0.4) is 0 Å². The van der Waals surface area contributed by atoms with Gasteiger partial charge in [-0.3, -0.25) is 9.97 Å². The Hall–Kier alpha value is -4.44. The monoisotopic (exact) mass is 483 g/mol. The number of hydrogen-bond donors (Lipinski definition) is 0. The fourth-order valence-corrected chi connectivity index (χ4v) is 4.78. The second-order valence-electron chi connectivity index (χ2n) is 10.4. The quantitative estimate of drug-likeness (QED) is 0.258. The first-order chi connectivity index (χ1) is 18.0. The van der Waals surface area contributed by atoms with Crippen LogP contribution in [-0.2, 0) is 12.0 Å². The van der Waals surface area contributed by atoms with Crippen LogP contribution in [0, 0.1) is 0 Å². The van der Waals surface area contributed by atoms with Crippen molar-refractivity contribution < 1.29 is 4.74 Å². The van der Waals surface area contributed by atoms with Crippen molar-refractivity contribution in [1.82, 2.24) is 9.97 Å². The first-order valence-electron chi connectivity index (χ1n) is 12.6. The van der Waals surface area contributed by atoms with E-state index in [2.05, 4.69) is 110 Å². The van der Waals surface area contributed by atoms with E-state index in [1.54, 1.807) is 0 Å². The average Bonchev–Trinajstić information content (AvgIpc) is 3.10. The average molecular weight is 484 g/mol. The molecule has 0 saturated carbocycles. The van der Waals surface area contributed by atoms with Crippen molar-refractivity contribution in [2.45, 2.75) is 32.8 Å². The van der Waals surface area contributed by atoms with Crippen LogP contribution in [-0.4, -0.2) is 9.97 Å². The van der Waals surface area contributed by atoms with Gasteiger partial charge in [0.25, 0.3) is 0 Å². The van der Waals surface area contributed by atoms with Gasteiger partial charge in [0.05, 0.1) is 22.8 Å². The fraction of sp³-hybridized carbons (Fsp3) is 0.152. The summed E-state index contributed by atoms with van der Waals surface area (Å²) in [4.78, 5) is 11.6. The smallest absolute Gasteiger partial charge is 0.143 e. The Morgan fingerprint density at radius 3 is 2.32 bits per heavy atom. The lowest BCUT2D eigenvalue weighted by atomic mass is 9.87.